The number of ether oxygens (including phenoxy) is 1. The summed E-state index contributed by atoms with van der Waals surface area (Å²) in [6.07, 6.45) is 3.37. The number of fused-ring (bicyclic) bond motifs is 4. The summed E-state index contributed by atoms with van der Waals surface area (Å²) in [5.41, 5.74) is 2.66. The van der Waals surface area contributed by atoms with Crippen LogP contribution >= 0.6 is 23.2 Å². The fraction of sp³-hybridized carbons (Fsp3) is 0.469. The fourth-order valence-electron chi connectivity index (χ4n) is 7.62. The summed E-state index contributed by atoms with van der Waals surface area (Å²) in [5.74, 6) is -0.1000. The van der Waals surface area contributed by atoms with Gasteiger partial charge in [0.25, 0.3) is 0 Å². The lowest BCUT2D eigenvalue weighted by Crippen LogP contribution is -2.58. The number of aryl methyl sites for hydroxylation is 1. The van der Waals surface area contributed by atoms with Gasteiger partial charge in [-0.2, -0.15) is 5.26 Å². The predicted octanol–water partition coefficient (Wildman–Crippen LogP) is 5.78. The molecule has 8 nitrogen and oxygen atoms in total. The number of rotatable bonds is 7. The normalized spacial score (nSPS) is 25.3. The smallest absolute Gasteiger partial charge is 0.244 e. The maximum atomic E-state index is 17.0. The van der Waals surface area contributed by atoms with Crippen LogP contribution in [0.2, 0.25) is 10.0 Å². The minimum absolute atomic E-state index is 0.106. The third-order valence-corrected chi connectivity index (χ3v) is 10.5. The van der Waals surface area contributed by atoms with E-state index in [0.717, 1.165) is 38.0 Å². The number of halogens is 3. The first kappa shape index (κ1) is 28.6. The highest BCUT2D eigenvalue weighted by Crippen LogP contribution is 2.50. The lowest BCUT2D eigenvalue weighted by Gasteiger charge is -2.47. The van der Waals surface area contributed by atoms with Crippen molar-refractivity contribution in [3.05, 3.63) is 45.7 Å². The Morgan fingerprint density at radius 2 is 2.16 bits per heavy atom. The molecule has 5 atom stereocenters. The number of pyridine rings is 1. The van der Waals surface area contributed by atoms with Gasteiger partial charge in [0.05, 0.1) is 28.3 Å². The van der Waals surface area contributed by atoms with Crippen molar-refractivity contribution in [2.24, 2.45) is 5.92 Å². The number of anilines is 2. The average molecular weight is 624 g/mol. The Bertz CT molecular complexity index is 1660. The van der Waals surface area contributed by atoms with Gasteiger partial charge in [0, 0.05) is 47.6 Å². The molecule has 224 valence electrons. The molecule has 4 fully saturated rings. The average Bonchev–Trinajstić information content (AvgIpc) is 3.73. The second-order valence-electron chi connectivity index (χ2n) is 12.2. The van der Waals surface area contributed by atoms with Crippen LogP contribution in [0.3, 0.4) is 0 Å². The molecule has 1 aromatic heterocycles. The van der Waals surface area contributed by atoms with E-state index in [0.29, 0.717) is 39.6 Å². The summed E-state index contributed by atoms with van der Waals surface area (Å²) in [5, 5.41) is 17.2. The van der Waals surface area contributed by atoms with Crippen LogP contribution in [0.15, 0.2) is 24.3 Å². The number of nitriles is 1. The summed E-state index contributed by atoms with van der Waals surface area (Å²) in [6, 6.07) is 9.75. The molecule has 3 saturated heterocycles. The van der Waals surface area contributed by atoms with Crippen LogP contribution in [0.1, 0.15) is 38.2 Å². The number of carbonyl (C=O) groups is 1. The first-order chi connectivity index (χ1) is 20.8. The number of nitrogens with zero attached hydrogens (tertiary/aromatic N) is 4. The number of hydrogen-bond donors (Lipinski definition) is 2. The molecule has 0 radical (unpaired) electrons. The molecule has 3 unspecified atom stereocenters. The van der Waals surface area contributed by atoms with Crippen molar-refractivity contribution in [2.75, 3.05) is 36.9 Å². The van der Waals surface area contributed by atoms with E-state index >= 15 is 4.39 Å². The molecule has 43 heavy (non-hydrogen) atoms. The maximum absolute atomic E-state index is 17.0. The standard InChI is InChI=1S/C32H33Cl2FN6O2/c1-16(23-9-5-11-40(23)2)43-32-29-31(41(15-24(42)38-29)30-18-13-22(30)37-14-18)20-12-17(6-4-10-36)25(27(35)28(20)39-32)19-7-3-8-21(33)26(19)34/h3,7-8,12,16,18,22-23,30,37H,4-6,9,11,13-15H2,1-2H3,(H,38,42)/t16-,18?,22?,23-,30?/m0/s1. The maximum Gasteiger partial charge on any atom is 0.244 e. The largest absolute Gasteiger partial charge is 0.471 e. The van der Waals surface area contributed by atoms with Crippen molar-refractivity contribution in [3.63, 3.8) is 0 Å². The number of benzene rings is 2. The number of hydrogen-bond acceptors (Lipinski definition) is 7. The number of likely N-dealkylation sites (tertiary alicyclic amines) is 1. The van der Waals surface area contributed by atoms with Crippen molar-refractivity contribution < 1.29 is 13.9 Å². The Morgan fingerprint density at radius 1 is 1.33 bits per heavy atom. The number of nitrogens with one attached hydrogen (secondary N) is 2. The number of carbonyl (C=O) groups excluding carboxylic acids is 1. The van der Waals surface area contributed by atoms with E-state index in [1.165, 1.54) is 0 Å². The molecule has 4 aliphatic heterocycles. The number of aromatic nitrogens is 1. The van der Waals surface area contributed by atoms with E-state index in [1.54, 1.807) is 18.2 Å². The van der Waals surface area contributed by atoms with E-state index in [-0.39, 0.29) is 65.1 Å². The second-order valence-corrected chi connectivity index (χ2v) is 13.0. The van der Waals surface area contributed by atoms with Gasteiger partial charge in [-0.05, 0) is 69.8 Å². The van der Waals surface area contributed by atoms with Crippen LogP contribution < -0.4 is 20.3 Å². The Morgan fingerprint density at radius 3 is 2.86 bits per heavy atom. The minimum atomic E-state index is -0.556. The number of likely N-dealkylation sites (N-methyl/N-ethyl adjacent to an activating group) is 1. The van der Waals surface area contributed by atoms with Gasteiger partial charge in [0.15, 0.2) is 5.82 Å². The molecule has 1 amide bonds. The van der Waals surface area contributed by atoms with Crippen LogP contribution in [-0.4, -0.2) is 66.7 Å². The first-order valence-electron chi connectivity index (χ1n) is 14.9. The lowest BCUT2D eigenvalue weighted by molar-refractivity contribution is -0.115. The van der Waals surface area contributed by atoms with E-state index in [4.69, 9.17) is 32.9 Å². The second kappa shape index (κ2) is 11.1. The van der Waals surface area contributed by atoms with Crippen LogP contribution in [-0.2, 0) is 11.2 Å². The summed E-state index contributed by atoms with van der Waals surface area (Å²) in [4.78, 5) is 22.4. The zero-order chi connectivity index (χ0) is 30.0. The highest BCUT2D eigenvalue weighted by atomic mass is 35.5. The molecular formula is C32H33Cl2FN6O2. The van der Waals surface area contributed by atoms with Gasteiger partial charge in [-0.3, -0.25) is 9.69 Å². The highest BCUT2D eigenvalue weighted by Gasteiger charge is 2.52. The zero-order valence-corrected chi connectivity index (χ0v) is 25.6. The summed E-state index contributed by atoms with van der Waals surface area (Å²) in [7, 11) is 2.08. The van der Waals surface area contributed by atoms with Crippen LogP contribution in [0.25, 0.3) is 22.0 Å². The topological polar surface area (TPSA) is 93.5 Å². The summed E-state index contributed by atoms with van der Waals surface area (Å²) < 4.78 is 23.6. The SMILES string of the molecule is C[C@H](Oc1nc2c(F)c(-c3cccc(Cl)c3Cl)c(CCC#N)cc2c2c1NC(=O)CN2C1C2CNC1C2)[C@@H]1CCCN1C. The molecule has 5 aliphatic rings. The summed E-state index contributed by atoms with van der Waals surface area (Å²) in [6.45, 7) is 4.03. The van der Waals surface area contributed by atoms with E-state index in [2.05, 4.69) is 33.6 Å². The zero-order valence-electron chi connectivity index (χ0n) is 24.1. The van der Waals surface area contributed by atoms with Gasteiger partial charge < -0.3 is 20.3 Å². The first-order valence-corrected chi connectivity index (χ1v) is 15.7. The van der Waals surface area contributed by atoms with Crippen molar-refractivity contribution in [1.82, 2.24) is 15.2 Å². The third-order valence-electron chi connectivity index (χ3n) is 9.70. The monoisotopic (exact) mass is 622 g/mol. The Kier molecular flexibility index (Phi) is 7.37. The predicted molar refractivity (Wildman–Crippen MR) is 166 cm³/mol. The lowest BCUT2D eigenvalue weighted by atomic mass is 9.78. The molecule has 1 aliphatic carbocycles. The fourth-order valence-corrected chi connectivity index (χ4v) is 8.01. The van der Waals surface area contributed by atoms with Crippen molar-refractivity contribution in [1.29, 1.82) is 5.26 Å². The molecule has 1 saturated carbocycles. The molecule has 5 heterocycles. The highest BCUT2D eigenvalue weighted by molar-refractivity contribution is 6.43. The van der Waals surface area contributed by atoms with Crippen LogP contribution in [0.4, 0.5) is 15.8 Å². The number of amides is 1. The van der Waals surface area contributed by atoms with Crippen LogP contribution in [0.5, 0.6) is 5.88 Å². The van der Waals surface area contributed by atoms with Crippen molar-refractivity contribution in [3.8, 4) is 23.1 Å². The molecule has 0 spiro atoms. The third kappa shape index (κ3) is 4.71. The Labute approximate surface area is 260 Å². The molecule has 2 bridgehead atoms. The Balaban J connectivity index is 1.48. The molecule has 8 rings (SSSR count). The van der Waals surface area contributed by atoms with Gasteiger partial charge >= 0.3 is 0 Å². The minimum Gasteiger partial charge on any atom is -0.471 e. The molecule has 2 aromatic carbocycles. The molecule has 11 heteroatoms. The van der Waals surface area contributed by atoms with Gasteiger partial charge in [0.1, 0.15) is 17.3 Å². The van der Waals surface area contributed by atoms with Gasteiger partial charge in [-0.25, -0.2) is 9.37 Å². The van der Waals surface area contributed by atoms with E-state index < -0.39 is 5.82 Å². The molecule has 3 aromatic rings. The van der Waals surface area contributed by atoms with Crippen LogP contribution in [0, 0.1) is 23.1 Å². The van der Waals surface area contributed by atoms with Gasteiger partial charge in [-0.15, -0.1) is 0 Å². The quantitative estimate of drug-likeness (QED) is 0.345. The summed E-state index contributed by atoms with van der Waals surface area (Å²) >= 11 is 13.0. The van der Waals surface area contributed by atoms with E-state index in [1.807, 2.05) is 13.0 Å². The molecular weight excluding hydrogens is 590 g/mol. The van der Waals surface area contributed by atoms with Gasteiger partial charge in [-0.1, -0.05) is 35.3 Å². The van der Waals surface area contributed by atoms with E-state index in [9.17, 15) is 10.1 Å². The van der Waals surface area contributed by atoms with Crippen molar-refractivity contribution >= 4 is 51.4 Å². The molecule has 2 N–H and O–H groups in total. The van der Waals surface area contributed by atoms with Gasteiger partial charge in [0.2, 0.25) is 11.8 Å². The Hall–Kier alpha value is -3.16. The van der Waals surface area contributed by atoms with Crippen molar-refractivity contribution in [2.45, 2.75) is 63.3 Å².